The van der Waals surface area contributed by atoms with Crippen LogP contribution in [0.1, 0.15) is 39.5 Å². The van der Waals surface area contributed by atoms with Crippen LogP contribution < -0.4 is 0 Å². The molecule has 0 spiro atoms. The lowest BCUT2D eigenvalue weighted by Crippen LogP contribution is -2.03. The molecule has 0 fully saturated rings. The summed E-state index contributed by atoms with van der Waals surface area (Å²) in [6, 6.07) is 0. The molecular formula is C15H20O2. The highest BCUT2D eigenvalue weighted by atomic mass is 16.1. The Labute approximate surface area is 103 Å². The first-order valence-electron chi connectivity index (χ1n) is 6.14. The third-order valence-corrected chi connectivity index (χ3v) is 3.25. The smallest absolute Gasteiger partial charge is 0.146 e. The first-order valence-corrected chi connectivity index (χ1v) is 6.14. The molecule has 92 valence electrons. The third-order valence-electron chi connectivity index (χ3n) is 3.25. The van der Waals surface area contributed by atoms with Crippen molar-refractivity contribution in [2.45, 2.75) is 39.5 Å². The summed E-state index contributed by atoms with van der Waals surface area (Å²) in [5, 5.41) is 0. The minimum Gasteiger partial charge on any atom is -0.298 e. The van der Waals surface area contributed by atoms with Gasteiger partial charge in [-0.25, -0.2) is 0 Å². The van der Waals surface area contributed by atoms with Gasteiger partial charge in [0.25, 0.3) is 0 Å². The molecule has 1 rings (SSSR count). The van der Waals surface area contributed by atoms with Crippen molar-refractivity contribution in [2.24, 2.45) is 5.92 Å². The Hall–Kier alpha value is -1.44. The van der Waals surface area contributed by atoms with Gasteiger partial charge in [-0.05, 0) is 49.7 Å². The van der Waals surface area contributed by atoms with Crippen LogP contribution in [0.3, 0.4) is 0 Å². The van der Waals surface area contributed by atoms with Gasteiger partial charge in [0.15, 0.2) is 0 Å². The summed E-state index contributed by atoms with van der Waals surface area (Å²) >= 11 is 0. The van der Waals surface area contributed by atoms with Crippen molar-refractivity contribution >= 4 is 12.6 Å². The average Bonchev–Trinajstić information content (AvgIpc) is 2.38. The molecular weight excluding hydrogens is 212 g/mol. The van der Waals surface area contributed by atoms with Crippen LogP contribution in [0.15, 0.2) is 34.9 Å². The second-order valence-electron chi connectivity index (χ2n) is 4.65. The van der Waals surface area contributed by atoms with Crippen LogP contribution in [0, 0.1) is 5.92 Å². The second-order valence-corrected chi connectivity index (χ2v) is 4.65. The zero-order valence-electron chi connectivity index (χ0n) is 10.6. The minimum absolute atomic E-state index is 0.523. The van der Waals surface area contributed by atoms with E-state index in [9.17, 15) is 9.59 Å². The lowest BCUT2D eigenvalue weighted by molar-refractivity contribution is -0.105. The van der Waals surface area contributed by atoms with Gasteiger partial charge in [0.2, 0.25) is 0 Å². The summed E-state index contributed by atoms with van der Waals surface area (Å²) in [7, 11) is 0. The lowest BCUT2D eigenvalue weighted by Gasteiger charge is -2.18. The molecule has 0 amide bonds. The lowest BCUT2D eigenvalue weighted by atomic mass is 9.88. The maximum absolute atomic E-state index is 10.6. The predicted molar refractivity (Wildman–Crippen MR) is 69.7 cm³/mol. The number of rotatable bonds is 6. The van der Waals surface area contributed by atoms with Crippen molar-refractivity contribution < 1.29 is 9.59 Å². The average molecular weight is 232 g/mol. The molecule has 0 saturated heterocycles. The van der Waals surface area contributed by atoms with E-state index in [0.29, 0.717) is 5.92 Å². The molecule has 0 aromatic heterocycles. The molecule has 0 bridgehead atoms. The van der Waals surface area contributed by atoms with E-state index in [1.807, 2.05) is 19.1 Å². The Balaban J connectivity index is 2.46. The second kappa shape index (κ2) is 7.00. The van der Waals surface area contributed by atoms with Gasteiger partial charge in [0.05, 0.1) is 0 Å². The summed E-state index contributed by atoms with van der Waals surface area (Å²) in [6.45, 7) is 4.03. The standard InChI is InChI=1S/C15H20O2/c1-12(10-16)4-3-5-13(2)15-8-6-14(11-17)7-9-15/h4,6,8,10-11,13H,3,5,7,9H2,1-2H3. The first-order chi connectivity index (χ1) is 8.17. The van der Waals surface area contributed by atoms with E-state index in [-0.39, 0.29) is 0 Å². The number of carbonyl (C=O) groups is 2. The van der Waals surface area contributed by atoms with Gasteiger partial charge in [-0.3, -0.25) is 9.59 Å². The van der Waals surface area contributed by atoms with E-state index in [2.05, 4.69) is 13.0 Å². The van der Waals surface area contributed by atoms with Gasteiger partial charge in [0, 0.05) is 0 Å². The van der Waals surface area contributed by atoms with Crippen LogP contribution in [0.25, 0.3) is 0 Å². The van der Waals surface area contributed by atoms with Crippen LogP contribution in [0.2, 0.25) is 0 Å². The number of aldehydes is 2. The molecule has 2 nitrogen and oxygen atoms in total. The highest BCUT2D eigenvalue weighted by Gasteiger charge is 2.11. The number of allylic oxidation sites excluding steroid dienone is 6. The SMILES string of the molecule is CC(C=O)=CCCC(C)C1=CC=C(C=O)CC1. The predicted octanol–water partition coefficient (Wildman–Crippen LogP) is 3.39. The third kappa shape index (κ3) is 4.51. The van der Waals surface area contributed by atoms with E-state index < -0.39 is 0 Å². The van der Waals surface area contributed by atoms with Crippen molar-refractivity contribution in [3.05, 3.63) is 34.9 Å². The van der Waals surface area contributed by atoms with Gasteiger partial charge < -0.3 is 0 Å². The van der Waals surface area contributed by atoms with Gasteiger partial charge in [-0.2, -0.15) is 0 Å². The Morgan fingerprint density at radius 2 is 2.12 bits per heavy atom. The number of hydrogen-bond donors (Lipinski definition) is 0. The molecule has 0 aromatic carbocycles. The fraction of sp³-hybridized carbons (Fsp3) is 0.467. The summed E-state index contributed by atoms with van der Waals surface area (Å²) in [4.78, 5) is 21.0. The molecule has 0 saturated carbocycles. The van der Waals surface area contributed by atoms with Gasteiger partial charge in [-0.15, -0.1) is 0 Å². The normalized spacial score (nSPS) is 18.1. The summed E-state index contributed by atoms with van der Waals surface area (Å²) in [5.41, 5.74) is 3.10. The molecule has 0 aromatic rings. The fourth-order valence-electron chi connectivity index (χ4n) is 1.97. The Bertz CT molecular complexity index is 372. The van der Waals surface area contributed by atoms with Crippen LogP contribution in [0.4, 0.5) is 0 Å². The molecule has 0 radical (unpaired) electrons. The van der Waals surface area contributed by atoms with Crippen LogP contribution in [-0.4, -0.2) is 12.6 Å². The van der Waals surface area contributed by atoms with E-state index in [4.69, 9.17) is 0 Å². The number of hydrogen-bond acceptors (Lipinski definition) is 2. The molecule has 0 N–H and O–H groups in total. The summed E-state index contributed by atoms with van der Waals surface area (Å²) in [5.74, 6) is 0.523. The van der Waals surface area contributed by atoms with E-state index in [0.717, 1.165) is 49.4 Å². The van der Waals surface area contributed by atoms with Gasteiger partial charge >= 0.3 is 0 Å². The highest BCUT2D eigenvalue weighted by Crippen LogP contribution is 2.26. The minimum atomic E-state index is 0.523. The Kier molecular flexibility index (Phi) is 5.61. The maximum atomic E-state index is 10.6. The van der Waals surface area contributed by atoms with Gasteiger partial charge in [-0.1, -0.05) is 30.7 Å². The number of carbonyl (C=O) groups excluding carboxylic acids is 2. The van der Waals surface area contributed by atoms with Gasteiger partial charge in [0.1, 0.15) is 12.6 Å². The Morgan fingerprint density at radius 3 is 2.65 bits per heavy atom. The largest absolute Gasteiger partial charge is 0.298 e. The van der Waals surface area contributed by atoms with Crippen molar-refractivity contribution in [1.29, 1.82) is 0 Å². The highest BCUT2D eigenvalue weighted by molar-refractivity contribution is 5.74. The zero-order chi connectivity index (χ0) is 12.7. The quantitative estimate of drug-likeness (QED) is 0.519. The summed E-state index contributed by atoms with van der Waals surface area (Å²) in [6.07, 6.45) is 11.7. The molecule has 1 aliphatic rings. The van der Waals surface area contributed by atoms with Crippen molar-refractivity contribution in [1.82, 2.24) is 0 Å². The van der Waals surface area contributed by atoms with E-state index >= 15 is 0 Å². The molecule has 17 heavy (non-hydrogen) atoms. The molecule has 1 atom stereocenters. The molecule has 0 aliphatic heterocycles. The Morgan fingerprint density at radius 1 is 1.35 bits per heavy atom. The first kappa shape index (κ1) is 13.6. The fourth-order valence-corrected chi connectivity index (χ4v) is 1.97. The molecule has 1 aliphatic carbocycles. The van der Waals surface area contributed by atoms with Crippen molar-refractivity contribution in [3.8, 4) is 0 Å². The van der Waals surface area contributed by atoms with E-state index in [1.165, 1.54) is 5.57 Å². The molecule has 0 heterocycles. The summed E-state index contributed by atoms with van der Waals surface area (Å²) < 4.78 is 0. The molecule has 1 unspecified atom stereocenters. The van der Waals surface area contributed by atoms with Crippen LogP contribution in [-0.2, 0) is 9.59 Å². The van der Waals surface area contributed by atoms with Crippen molar-refractivity contribution in [2.75, 3.05) is 0 Å². The maximum Gasteiger partial charge on any atom is 0.146 e. The van der Waals surface area contributed by atoms with Crippen LogP contribution in [0.5, 0.6) is 0 Å². The molecule has 2 heteroatoms. The van der Waals surface area contributed by atoms with Crippen molar-refractivity contribution in [3.63, 3.8) is 0 Å². The zero-order valence-corrected chi connectivity index (χ0v) is 10.6. The monoisotopic (exact) mass is 232 g/mol. The topological polar surface area (TPSA) is 34.1 Å². The van der Waals surface area contributed by atoms with E-state index in [1.54, 1.807) is 0 Å². The van der Waals surface area contributed by atoms with Crippen LogP contribution >= 0.6 is 0 Å².